The highest BCUT2D eigenvalue weighted by Gasteiger charge is 2.12. The molecule has 0 radical (unpaired) electrons. The number of benzene rings is 1. The third-order valence-corrected chi connectivity index (χ3v) is 3.65. The van der Waals surface area contributed by atoms with Gasteiger partial charge in [0.1, 0.15) is 5.78 Å². The highest BCUT2D eigenvalue weighted by Crippen LogP contribution is 2.23. The molecule has 1 atom stereocenters. The molecule has 0 fully saturated rings. The lowest BCUT2D eigenvalue weighted by Gasteiger charge is -2.17. The van der Waals surface area contributed by atoms with E-state index in [-0.39, 0.29) is 11.7 Å². The smallest absolute Gasteiger partial charge is 0.132 e. The maximum absolute atomic E-state index is 11.2. The van der Waals surface area contributed by atoms with Gasteiger partial charge in [-0.15, -0.1) is 0 Å². The highest BCUT2D eigenvalue weighted by molar-refractivity contribution is 5.78. The van der Waals surface area contributed by atoms with Gasteiger partial charge in [-0.25, -0.2) is 0 Å². The van der Waals surface area contributed by atoms with Gasteiger partial charge in [-0.2, -0.15) is 0 Å². The van der Waals surface area contributed by atoms with E-state index in [1.54, 1.807) is 6.92 Å². The summed E-state index contributed by atoms with van der Waals surface area (Å²) in [6.07, 6.45) is 5.99. The van der Waals surface area contributed by atoms with Crippen molar-refractivity contribution in [3.63, 3.8) is 0 Å². The maximum Gasteiger partial charge on any atom is 0.132 e. The number of aryl methyl sites for hydroxylation is 2. The topological polar surface area (TPSA) is 17.1 Å². The minimum Gasteiger partial charge on any atom is -0.300 e. The van der Waals surface area contributed by atoms with E-state index in [0.717, 1.165) is 6.42 Å². The number of ketones is 1. The molecule has 1 aliphatic carbocycles. The molecule has 0 bridgehead atoms. The van der Waals surface area contributed by atoms with Gasteiger partial charge in [0.2, 0.25) is 0 Å². The predicted molar refractivity (Wildman–Crippen MR) is 66.6 cm³/mol. The van der Waals surface area contributed by atoms with Crippen LogP contribution in [-0.4, -0.2) is 5.78 Å². The van der Waals surface area contributed by atoms with Gasteiger partial charge in [-0.05, 0) is 55.7 Å². The Labute approximate surface area is 97.9 Å². The number of carbonyl (C=O) groups excluding carboxylic acids is 1. The normalized spacial score (nSPS) is 16.6. The van der Waals surface area contributed by atoms with E-state index in [9.17, 15) is 4.79 Å². The molecule has 0 amide bonds. The van der Waals surface area contributed by atoms with Gasteiger partial charge in [0.25, 0.3) is 0 Å². The van der Waals surface area contributed by atoms with Gasteiger partial charge in [-0.1, -0.05) is 25.1 Å². The fourth-order valence-electron chi connectivity index (χ4n) is 2.41. The number of hydrogen-bond donors (Lipinski definition) is 0. The molecule has 0 aliphatic heterocycles. The van der Waals surface area contributed by atoms with Crippen molar-refractivity contribution in [2.75, 3.05) is 0 Å². The second-order valence-corrected chi connectivity index (χ2v) is 5.03. The minimum atomic E-state index is 0.154. The van der Waals surface area contributed by atoms with Crippen molar-refractivity contribution >= 4 is 5.78 Å². The summed E-state index contributed by atoms with van der Waals surface area (Å²) in [4.78, 5) is 11.2. The average Bonchev–Trinajstić information content (AvgIpc) is 2.28. The largest absolute Gasteiger partial charge is 0.300 e. The summed E-state index contributed by atoms with van der Waals surface area (Å²) >= 11 is 0. The van der Waals surface area contributed by atoms with Gasteiger partial charge < -0.3 is 0 Å². The maximum atomic E-state index is 11.2. The number of rotatable bonds is 3. The van der Waals surface area contributed by atoms with Gasteiger partial charge in [-0.3, -0.25) is 4.79 Å². The van der Waals surface area contributed by atoms with Crippen molar-refractivity contribution < 1.29 is 4.79 Å². The van der Waals surface area contributed by atoms with E-state index >= 15 is 0 Å². The van der Waals surface area contributed by atoms with Gasteiger partial charge >= 0.3 is 0 Å². The standard InChI is InChI=1S/C15H20O/c1-11(12(2)16)9-13-7-8-14-5-3-4-6-15(14)10-13/h7-8,10-11H,3-6,9H2,1-2H3. The molecule has 0 spiro atoms. The summed E-state index contributed by atoms with van der Waals surface area (Å²) < 4.78 is 0. The number of hydrogen-bond acceptors (Lipinski definition) is 1. The first-order chi connectivity index (χ1) is 7.66. The van der Waals surface area contributed by atoms with Gasteiger partial charge in [0.05, 0.1) is 0 Å². The van der Waals surface area contributed by atoms with E-state index in [4.69, 9.17) is 0 Å². The molecule has 0 aromatic heterocycles. The van der Waals surface area contributed by atoms with Gasteiger partial charge in [0, 0.05) is 5.92 Å². The van der Waals surface area contributed by atoms with E-state index in [0.29, 0.717) is 0 Å². The first-order valence-electron chi connectivity index (χ1n) is 6.28. The third-order valence-electron chi connectivity index (χ3n) is 3.65. The molecule has 0 saturated heterocycles. The predicted octanol–water partition coefficient (Wildman–Crippen LogP) is 3.33. The van der Waals surface area contributed by atoms with E-state index in [2.05, 4.69) is 18.2 Å². The Kier molecular flexibility index (Phi) is 3.42. The molecule has 0 heterocycles. The Hall–Kier alpha value is -1.11. The molecule has 1 aliphatic rings. The van der Waals surface area contributed by atoms with Crippen molar-refractivity contribution in [1.82, 2.24) is 0 Å². The molecule has 2 rings (SSSR count). The molecule has 1 heteroatoms. The molecule has 1 unspecified atom stereocenters. The van der Waals surface area contributed by atoms with Crippen molar-refractivity contribution in [2.24, 2.45) is 5.92 Å². The number of Topliss-reactive ketones (excluding diaryl/α,β-unsaturated/α-hetero) is 1. The fourth-order valence-corrected chi connectivity index (χ4v) is 2.41. The van der Waals surface area contributed by atoms with Crippen molar-refractivity contribution in [2.45, 2.75) is 46.0 Å². The molecular formula is C15H20O. The molecule has 1 aromatic carbocycles. The SMILES string of the molecule is CC(=O)C(C)Cc1ccc2c(c1)CCCC2. The third kappa shape index (κ3) is 2.52. The summed E-state index contributed by atoms with van der Waals surface area (Å²) in [5.74, 6) is 0.444. The Balaban J connectivity index is 2.14. The quantitative estimate of drug-likeness (QED) is 0.757. The van der Waals surface area contributed by atoms with Crippen LogP contribution in [0.5, 0.6) is 0 Å². The summed E-state index contributed by atoms with van der Waals surface area (Å²) in [5.41, 5.74) is 4.35. The monoisotopic (exact) mass is 216 g/mol. The Bertz CT molecular complexity index is 392. The van der Waals surface area contributed by atoms with Crippen LogP contribution in [-0.2, 0) is 24.1 Å². The van der Waals surface area contributed by atoms with Crippen molar-refractivity contribution in [1.29, 1.82) is 0 Å². The molecule has 1 aromatic rings. The van der Waals surface area contributed by atoms with Crippen molar-refractivity contribution in [3.8, 4) is 0 Å². The lowest BCUT2D eigenvalue weighted by molar-refractivity contribution is -0.120. The van der Waals surface area contributed by atoms with Crippen LogP contribution in [0.3, 0.4) is 0 Å². The van der Waals surface area contributed by atoms with Crippen LogP contribution in [0.15, 0.2) is 18.2 Å². The first kappa shape index (κ1) is 11.4. The first-order valence-corrected chi connectivity index (χ1v) is 6.28. The van der Waals surface area contributed by atoms with E-state index < -0.39 is 0 Å². The average molecular weight is 216 g/mol. The van der Waals surface area contributed by atoms with Crippen LogP contribution in [0, 0.1) is 5.92 Å². The van der Waals surface area contributed by atoms with Crippen LogP contribution in [0.25, 0.3) is 0 Å². The summed E-state index contributed by atoms with van der Waals surface area (Å²) in [6, 6.07) is 6.77. The molecule has 0 saturated carbocycles. The summed E-state index contributed by atoms with van der Waals surface area (Å²) in [6.45, 7) is 3.70. The summed E-state index contributed by atoms with van der Waals surface area (Å²) in [5, 5.41) is 0. The number of fused-ring (bicyclic) bond motifs is 1. The zero-order chi connectivity index (χ0) is 11.5. The second-order valence-electron chi connectivity index (χ2n) is 5.03. The minimum absolute atomic E-state index is 0.154. The second kappa shape index (κ2) is 4.82. The number of carbonyl (C=O) groups is 1. The van der Waals surface area contributed by atoms with Crippen molar-refractivity contribution in [3.05, 3.63) is 34.9 Å². The van der Waals surface area contributed by atoms with Crippen LogP contribution in [0.4, 0.5) is 0 Å². The highest BCUT2D eigenvalue weighted by atomic mass is 16.1. The molecular weight excluding hydrogens is 196 g/mol. The molecule has 0 N–H and O–H groups in total. The van der Waals surface area contributed by atoms with E-state index in [1.165, 1.54) is 42.4 Å². The van der Waals surface area contributed by atoms with Crippen LogP contribution >= 0.6 is 0 Å². The fraction of sp³-hybridized carbons (Fsp3) is 0.533. The lowest BCUT2D eigenvalue weighted by atomic mass is 9.88. The Morgan fingerprint density at radius 3 is 2.62 bits per heavy atom. The Morgan fingerprint density at radius 2 is 1.94 bits per heavy atom. The van der Waals surface area contributed by atoms with E-state index in [1.807, 2.05) is 6.92 Å². The zero-order valence-corrected chi connectivity index (χ0v) is 10.3. The zero-order valence-electron chi connectivity index (χ0n) is 10.3. The van der Waals surface area contributed by atoms with Crippen LogP contribution in [0.1, 0.15) is 43.4 Å². The summed E-state index contributed by atoms with van der Waals surface area (Å²) in [7, 11) is 0. The molecule has 86 valence electrons. The Morgan fingerprint density at radius 1 is 1.25 bits per heavy atom. The van der Waals surface area contributed by atoms with Crippen LogP contribution < -0.4 is 0 Å². The lowest BCUT2D eigenvalue weighted by Crippen LogP contribution is -2.10. The van der Waals surface area contributed by atoms with Gasteiger partial charge in [0.15, 0.2) is 0 Å². The van der Waals surface area contributed by atoms with Crippen LogP contribution in [0.2, 0.25) is 0 Å². The molecule has 16 heavy (non-hydrogen) atoms. The molecule has 1 nitrogen and oxygen atoms in total.